The highest BCUT2D eigenvalue weighted by Gasteiger charge is 2.26. The van der Waals surface area contributed by atoms with E-state index in [1.54, 1.807) is 39.2 Å². The van der Waals surface area contributed by atoms with Gasteiger partial charge in [0.15, 0.2) is 0 Å². The predicted molar refractivity (Wildman–Crippen MR) is 112 cm³/mol. The van der Waals surface area contributed by atoms with Crippen LogP contribution in [0.3, 0.4) is 0 Å². The number of fused-ring (bicyclic) bond motifs is 1. The van der Waals surface area contributed by atoms with Crippen molar-refractivity contribution in [2.75, 3.05) is 18.4 Å². The number of aromatic nitrogens is 2. The monoisotopic (exact) mass is 416 g/mol. The van der Waals surface area contributed by atoms with Crippen LogP contribution in [0.25, 0.3) is 11.0 Å². The number of hydrogen-bond acceptors (Lipinski definition) is 4. The van der Waals surface area contributed by atoms with Gasteiger partial charge in [-0.25, -0.2) is 13.2 Å². The van der Waals surface area contributed by atoms with E-state index in [2.05, 4.69) is 5.32 Å². The SMILES string of the molecule is CCN(CC(=O)Nc1ccc(C)cc1)S(=O)(=O)c1ccc2c(c1)n(C)c(=O)n2C. The van der Waals surface area contributed by atoms with E-state index in [1.165, 1.54) is 21.3 Å². The number of carbonyl (C=O) groups is 1. The number of nitrogens with zero attached hydrogens (tertiary/aromatic N) is 3. The Bertz CT molecular complexity index is 1220. The number of rotatable bonds is 6. The third-order valence-electron chi connectivity index (χ3n) is 4.89. The van der Waals surface area contributed by atoms with E-state index in [1.807, 2.05) is 19.1 Å². The molecule has 0 unspecified atom stereocenters. The molecule has 154 valence electrons. The van der Waals surface area contributed by atoms with Gasteiger partial charge in [-0.3, -0.25) is 13.9 Å². The van der Waals surface area contributed by atoms with Crippen molar-refractivity contribution in [3.8, 4) is 0 Å². The van der Waals surface area contributed by atoms with Crippen LogP contribution in [0.2, 0.25) is 0 Å². The molecule has 9 heteroatoms. The molecule has 1 aromatic heterocycles. The van der Waals surface area contributed by atoms with E-state index >= 15 is 0 Å². The van der Waals surface area contributed by atoms with Crippen LogP contribution in [0, 0.1) is 6.92 Å². The number of benzene rings is 2. The van der Waals surface area contributed by atoms with Gasteiger partial charge in [-0.1, -0.05) is 24.6 Å². The van der Waals surface area contributed by atoms with Crippen molar-refractivity contribution in [3.05, 3.63) is 58.5 Å². The van der Waals surface area contributed by atoms with Gasteiger partial charge in [0.1, 0.15) is 0 Å². The highest BCUT2D eigenvalue weighted by molar-refractivity contribution is 7.89. The summed E-state index contributed by atoms with van der Waals surface area (Å²) >= 11 is 0. The van der Waals surface area contributed by atoms with Crippen molar-refractivity contribution in [2.45, 2.75) is 18.7 Å². The molecule has 0 atom stereocenters. The smallest absolute Gasteiger partial charge is 0.325 e. The zero-order valence-corrected chi connectivity index (χ0v) is 17.7. The molecule has 8 nitrogen and oxygen atoms in total. The number of nitrogens with one attached hydrogen (secondary N) is 1. The molecule has 3 aromatic rings. The molecular formula is C20H24N4O4S. The second kappa shape index (κ2) is 7.84. The lowest BCUT2D eigenvalue weighted by Crippen LogP contribution is -2.37. The molecule has 0 aliphatic heterocycles. The van der Waals surface area contributed by atoms with E-state index in [0.717, 1.165) is 9.87 Å². The number of aryl methyl sites for hydroxylation is 3. The molecule has 0 radical (unpaired) electrons. The minimum atomic E-state index is -3.91. The summed E-state index contributed by atoms with van der Waals surface area (Å²) in [5, 5.41) is 2.71. The molecule has 0 saturated heterocycles. The Morgan fingerprint density at radius 2 is 1.66 bits per heavy atom. The summed E-state index contributed by atoms with van der Waals surface area (Å²) in [7, 11) is -0.687. The average Bonchev–Trinajstić information content (AvgIpc) is 2.91. The van der Waals surface area contributed by atoms with Crippen molar-refractivity contribution in [3.63, 3.8) is 0 Å². The summed E-state index contributed by atoms with van der Waals surface area (Å²) in [5.74, 6) is -0.424. The second-order valence-corrected chi connectivity index (χ2v) is 8.83. The van der Waals surface area contributed by atoms with Crippen LogP contribution in [0.15, 0.2) is 52.2 Å². The standard InChI is InChI=1S/C20H24N4O4S/c1-5-24(13-19(25)21-15-8-6-14(2)7-9-15)29(27,28)16-10-11-17-18(12-16)23(4)20(26)22(17)3/h6-12H,5,13H2,1-4H3,(H,21,25). The second-order valence-electron chi connectivity index (χ2n) is 6.90. The van der Waals surface area contributed by atoms with E-state index in [9.17, 15) is 18.0 Å². The number of carbonyl (C=O) groups excluding carboxylic acids is 1. The van der Waals surface area contributed by atoms with E-state index in [0.29, 0.717) is 16.7 Å². The Kier molecular flexibility index (Phi) is 5.63. The van der Waals surface area contributed by atoms with Crippen molar-refractivity contribution >= 4 is 32.7 Å². The largest absolute Gasteiger partial charge is 0.328 e. The third kappa shape index (κ3) is 3.96. The van der Waals surface area contributed by atoms with Crippen LogP contribution < -0.4 is 11.0 Å². The van der Waals surface area contributed by atoms with Crippen molar-refractivity contribution in [1.29, 1.82) is 0 Å². The summed E-state index contributed by atoms with van der Waals surface area (Å²) in [6, 6.07) is 11.8. The maximum Gasteiger partial charge on any atom is 0.328 e. The lowest BCUT2D eigenvalue weighted by atomic mass is 10.2. The molecule has 0 bridgehead atoms. The lowest BCUT2D eigenvalue weighted by molar-refractivity contribution is -0.116. The first kappa shape index (κ1) is 20.8. The van der Waals surface area contributed by atoms with E-state index in [4.69, 9.17) is 0 Å². The highest BCUT2D eigenvalue weighted by Crippen LogP contribution is 2.21. The average molecular weight is 417 g/mol. The van der Waals surface area contributed by atoms with Gasteiger partial charge in [-0.05, 0) is 37.3 Å². The Hall–Kier alpha value is -2.91. The molecular weight excluding hydrogens is 392 g/mol. The fourth-order valence-electron chi connectivity index (χ4n) is 3.16. The maximum absolute atomic E-state index is 13.1. The Labute approximate surface area is 169 Å². The highest BCUT2D eigenvalue weighted by atomic mass is 32.2. The number of likely N-dealkylation sites (N-methyl/N-ethyl adjacent to an activating group) is 1. The van der Waals surface area contributed by atoms with Gasteiger partial charge < -0.3 is 5.32 Å². The fourth-order valence-corrected chi connectivity index (χ4v) is 4.59. The summed E-state index contributed by atoms with van der Waals surface area (Å²) in [5.41, 5.74) is 2.58. The van der Waals surface area contributed by atoms with Gasteiger partial charge in [0.2, 0.25) is 15.9 Å². The molecule has 2 aromatic carbocycles. The zero-order chi connectivity index (χ0) is 21.3. The molecule has 0 aliphatic carbocycles. The van der Waals surface area contributed by atoms with Gasteiger partial charge in [0, 0.05) is 26.3 Å². The van der Waals surface area contributed by atoms with E-state index in [-0.39, 0.29) is 23.7 Å². The van der Waals surface area contributed by atoms with Crippen molar-refractivity contribution in [2.24, 2.45) is 14.1 Å². The normalized spacial score (nSPS) is 11.9. The third-order valence-corrected chi connectivity index (χ3v) is 6.81. The molecule has 0 saturated carbocycles. The van der Waals surface area contributed by atoms with Crippen molar-refractivity contribution in [1.82, 2.24) is 13.4 Å². The molecule has 3 rings (SSSR count). The fraction of sp³-hybridized carbons (Fsp3) is 0.300. The minimum absolute atomic E-state index is 0.0381. The number of imidazole rings is 1. The number of amides is 1. The van der Waals surface area contributed by atoms with Crippen LogP contribution in [-0.2, 0) is 28.9 Å². The van der Waals surface area contributed by atoms with Crippen LogP contribution >= 0.6 is 0 Å². The lowest BCUT2D eigenvalue weighted by Gasteiger charge is -2.20. The molecule has 1 heterocycles. The molecule has 0 aliphatic rings. The molecule has 1 amide bonds. The van der Waals surface area contributed by atoms with Gasteiger partial charge in [-0.15, -0.1) is 0 Å². The molecule has 1 N–H and O–H groups in total. The van der Waals surface area contributed by atoms with Crippen molar-refractivity contribution < 1.29 is 13.2 Å². The molecule has 29 heavy (non-hydrogen) atoms. The summed E-state index contributed by atoms with van der Waals surface area (Å²) < 4.78 is 30.2. The predicted octanol–water partition coefficient (Wildman–Crippen LogP) is 1.83. The van der Waals surface area contributed by atoms with Gasteiger partial charge >= 0.3 is 5.69 Å². The Morgan fingerprint density at radius 3 is 2.28 bits per heavy atom. The van der Waals surface area contributed by atoms with Gasteiger partial charge in [-0.2, -0.15) is 4.31 Å². The van der Waals surface area contributed by atoms with Crippen LogP contribution in [0.4, 0.5) is 5.69 Å². The summed E-state index contributed by atoms with van der Waals surface area (Å²) in [6.45, 7) is 3.44. The number of anilines is 1. The molecule has 0 fully saturated rings. The maximum atomic E-state index is 13.1. The minimum Gasteiger partial charge on any atom is -0.325 e. The molecule has 0 spiro atoms. The Morgan fingerprint density at radius 1 is 1.03 bits per heavy atom. The van der Waals surface area contributed by atoms with E-state index < -0.39 is 15.9 Å². The topological polar surface area (TPSA) is 93.4 Å². The van der Waals surface area contributed by atoms with Crippen LogP contribution in [-0.4, -0.2) is 40.9 Å². The van der Waals surface area contributed by atoms with Crippen LogP contribution in [0.5, 0.6) is 0 Å². The summed E-state index contributed by atoms with van der Waals surface area (Å²) in [6.07, 6.45) is 0. The van der Waals surface area contributed by atoms with Gasteiger partial charge in [0.05, 0.1) is 22.5 Å². The first-order chi connectivity index (χ1) is 13.6. The quantitative estimate of drug-likeness (QED) is 0.663. The zero-order valence-electron chi connectivity index (χ0n) is 16.8. The first-order valence-electron chi connectivity index (χ1n) is 9.17. The summed E-state index contributed by atoms with van der Waals surface area (Å²) in [4.78, 5) is 24.5. The number of hydrogen-bond donors (Lipinski definition) is 1. The first-order valence-corrected chi connectivity index (χ1v) is 10.6. The van der Waals surface area contributed by atoms with Crippen LogP contribution in [0.1, 0.15) is 12.5 Å². The number of sulfonamides is 1. The Balaban J connectivity index is 1.87. The van der Waals surface area contributed by atoms with Gasteiger partial charge in [0.25, 0.3) is 0 Å².